The zero-order valence-corrected chi connectivity index (χ0v) is 18.3. The number of nitrogens with one attached hydrogen (secondary N) is 2. The summed E-state index contributed by atoms with van der Waals surface area (Å²) in [7, 11) is 4.53. The number of urea groups is 1. The Hall–Kier alpha value is -4.53. The Morgan fingerprint density at radius 3 is 1.97 bits per heavy atom. The summed E-state index contributed by atoms with van der Waals surface area (Å²) < 4.78 is 21.7. The number of aromatic nitrogens is 2. The number of ether oxygens (including phenoxy) is 3. The van der Waals surface area contributed by atoms with Crippen molar-refractivity contribution >= 4 is 17.4 Å². The van der Waals surface area contributed by atoms with Gasteiger partial charge in [-0.1, -0.05) is 24.3 Å². The Morgan fingerprint density at radius 2 is 1.33 bits per heavy atom. The van der Waals surface area contributed by atoms with E-state index in [2.05, 4.69) is 20.8 Å². The summed E-state index contributed by atoms with van der Waals surface area (Å²) in [5, 5.41) is 13.8. The number of amides is 2. The molecule has 4 rings (SSSR count). The van der Waals surface area contributed by atoms with Gasteiger partial charge >= 0.3 is 6.03 Å². The van der Waals surface area contributed by atoms with Crippen LogP contribution in [0.3, 0.4) is 0 Å². The molecule has 1 aromatic heterocycles. The van der Waals surface area contributed by atoms with E-state index in [-0.39, 0.29) is 0 Å². The first-order chi connectivity index (χ1) is 16.1. The third-order valence-electron chi connectivity index (χ3n) is 4.74. The molecule has 168 valence electrons. The van der Waals surface area contributed by atoms with Crippen molar-refractivity contribution in [1.82, 2.24) is 10.2 Å². The molecule has 1 heterocycles. The normalized spacial score (nSPS) is 10.4. The predicted octanol–water partition coefficient (Wildman–Crippen LogP) is 5.07. The molecule has 0 aliphatic heterocycles. The van der Waals surface area contributed by atoms with Crippen LogP contribution in [0.1, 0.15) is 0 Å². The van der Waals surface area contributed by atoms with Gasteiger partial charge in [0.05, 0.1) is 27.0 Å². The number of nitrogens with zero attached hydrogens (tertiary/aromatic N) is 2. The molecular formula is C24H22N4O5. The number of rotatable bonds is 7. The van der Waals surface area contributed by atoms with E-state index in [0.717, 1.165) is 5.56 Å². The van der Waals surface area contributed by atoms with Gasteiger partial charge in [0.1, 0.15) is 0 Å². The van der Waals surface area contributed by atoms with Crippen molar-refractivity contribution in [3.05, 3.63) is 66.7 Å². The summed E-state index contributed by atoms with van der Waals surface area (Å²) in [6.07, 6.45) is 0. The van der Waals surface area contributed by atoms with E-state index >= 15 is 0 Å². The fourth-order valence-electron chi connectivity index (χ4n) is 3.21. The van der Waals surface area contributed by atoms with E-state index in [4.69, 9.17) is 18.6 Å². The third-order valence-corrected chi connectivity index (χ3v) is 4.74. The molecule has 0 saturated carbocycles. The minimum absolute atomic E-state index is 0.350. The first kappa shape index (κ1) is 21.7. The van der Waals surface area contributed by atoms with Crippen LogP contribution in [-0.2, 0) is 0 Å². The zero-order valence-electron chi connectivity index (χ0n) is 18.3. The van der Waals surface area contributed by atoms with Gasteiger partial charge in [0.2, 0.25) is 17.5 Å². The number of carbonyl (C=O) groups is 1. The van der Waals surface area contributed by atoms with Crippen molar-refractivity contribution < 1.29 is 23.4 Å². The molecule has 0 aliphatic carbocycles. The number of benzene rings is 3. The molecule has 2 N–H and O–H groups in total. The Labute approximate surface area is 190 Å². The molecule has 0 spiro atoms. The molecule has 0 aliphatic rings. The van der Waals surface area contributed by atoms with Crippen LogP contribution in [0.4, 0.5) is 16.2 Å². The van der Waals surface area contributed by atoms with Crippen LogP contribution < -0.4 is 24.8 Å². The number of carbonyl (C=O) groups excluding carboxylic acids is 1. The number of hydrogen-bond acceptors (Lipinski definition) is 7. The van der Waals surface area contributed by atoms with E-state index < -0.39 is 6.03 Å². The topological polar surface area (TPSA) is 108 Å². The standard InChI is InChI=1S/C24H22N4O5/c1-30-19-13-18(14-20(31-2)21(19)32-3)26-24(29)25-17-11-7-10-16(12-17)23-28-27-22(33-23)15-8-5-4-6-9-15/h4-14H,1-3H3,(H2,25,26,29). The molecule has 3 aromatic carbocycles. The maximum absolute atomic E-state index is 12.6. The average Bonchev–Trinajstić information content (AvgIpc) is 3.34. The van der Waals surface area contributed by atoms with Crippen molar-refractivity contribution in [2.24, 2.45) is 0 Å². The van der Waals surface area contributed by atoms with Gasteiger partial charge in [-0.2, -0.15) is 0 Å². The molecule has 33 heavy (non-hydrogen) atoms. The van der Waals surface area contributed by atoms with Crippen molar-refractivity contribution in [3.63, 3.8) is 0 Å². The molecule has 4 aromatic rings. The Balaban J connectivity index is 1.49. The van der Waals surface area contributed by atoms with Crippen LogP contribution in [0.2, 0.25) is 0 Å². The number of anilines is 2. The molecule has 0 bridgehead atoms. The Kier molecular flexibility index (Phi) is 6.40. The quantitative estimate of drug-likeness (QED) is 0.408. The predicted molar refractivity (Wildman–Crippen MR) is 124 cm³/mol. The van der Waals surface area contributed by atoms with E-state index in [1.807, 2.05) is 36.4 Å². The maximum atomic E-state index is 12.6. The summed E-state index contributed by atoms with van der Waals surface area (Å²) in [6.45, 7) is 0. The second-order valence-electron chi connectivity index (χ2n) is 6.85. The van der Waals surface area contributed by atoms with Crippen LogP contribution in [0, 0.1) is 0 Å². The van der Waals surface area contributed by atoms with Crippen molar-refractivity contribution in [2.45, 2.75) is 0 Å². The monoisotopic (exact) mass is 446 g/mol. The SMILES string of the molecule is COc1cc(NC(=O)Nc2cccc(-c3nnc(-c4ccccc4)o3)c2)cc(OC)c1OC. The highest BCUT2D eigenvalue weighted by atomic mass is 16.5. The van der Waals surface area contributed by atoms with Gasteiger partial charge in [0.25, 0.3) is 0 Å². The van der Waals surface area contributed by atoms with Gasteiger partial charge in [-0.3, -0.25) is 0 Å². The molecule has 9 nitrogen and oxygen atoms in total. The summed E-state index contributed by atoms with van der Waals surface area (Å²) in [4.78, 5) is 12.6. The smallest absolute Gasteiger partial charge is 0.323 e. The van der Waals surface area contributed by atoms with Gasteiger partial charge in [-0.15, -0.1) is 10.2 Å². The first-order valence-corrected chi connectivity index (χ1v) is 9.98. The molecule has 9 heteroatoms. The molecule has 0 radical (unpaired) electrons. The number of methoxy groups -OCH3 is 3. The lowest BCUT2D eigenvalue weighted by molar-refractivity contribution is 0.262. The van der Waals surface area contributed by atoms with Crippen LogP contribution in [0.15, 0.2) is 71.1 Å². The lowest BCUT2D eigenvalue weighted by Gasteiger charge is -2.15. The summed E-state index contributed by atoms with van der Waals surface area (Å²) in [5.41, 5.74) is 2.53. The van der Waals surface area contributed by atoms with Crippen molar-refractivity contribution in [3.8, 4) is 40.2 Å². The minimum atomic E-state index is -0.447. The van der Waals surface area contributed by atoms with Crippen LogP contribution >= 0.6 is 0 Å². The van der Waals surface area contributed by atoms with E-state index in [9.17, 15) is 4.79 Å². The van der Waals surface area contributed by atoms with Gasteiger partial charge in [-0.25, -0.2) is 4.79 Å². The first-order valence-electron chi connectivity index (χ1n) is 9.98. The van der Waals surface area contributed by atoms with E-state index in [0.29, 0.717) is 46.0 Å². The van der Waals surface area contributed by atoms with Crippen molar-refractivity contribution in [1.29, 1.82) is 0 Å². The van der Waals surface area contributed by atoms with E-state index in [1.54, 1.807) is 30.3 Å². The largest absolute Gasteiger partial charge is 0.493 e. The summed E-state index contributed by atoms with van der Waals surface area (Å²) in [5.74, 6) is 2.07. The highest BCUT2D eigenvalue weighted by Gasteiger charge is 2.15. The van der Waals surface area contributed by atoms with Crippen LogP contribution in [0.25, 0.3) is 22.9 Å². The fourth-order valence-corrected chi connectivity index (χ4v) is 3.21. The third kappa shape index (κ3) is 4.87. The maximum Gasteiger partial charge on any atom is 0.323 e. The van der Waals surface area contributed by atoms with Gasteiger partial charge in [0, 0.05) is 28.9 Å². The van der Waals surface area contributed by atoms with Gasteiger partial charge < -0.3 is 29.3 Å². The Morgan fingerprint density at radius 1 is 0.727 bits per heavy atom. The second kappa shape index (κ2) is 9.73. The fraction of sp³-hybridized carbons (Fsp3) is 0.125. The molecule has 0 saturated heterocycles. The average molecular weight is 446 g/mol. The summed E-state index contributed by atoms with van der Waals surface area (Å²) in [6, 6.07) is 19.4. The van der Waals surface area contributed by atoms with Gasteiger partial charge in [-0.05, 0) is 30.3 Å². The highest BCUT2D eigenvalue weighted by Crippen LogP contribution is 2.40. The minimum Gasteiger partial charge on any atom is -0.493 e. The second-order valence-corrected chi connectivity index (χ2v) is 6.85. The molecular weight excluding hydrogens is 424 g/mol. The van der Waals surface area contributed by atoms with Crippen LogP contribution in [-0.4, -0.2) is 37.6 Å². The van der Waals surface area contributed by atoms with Crippen molar-refractivity contribution in [2.75, 3.05) is 32.0 Å². The van der Waals surface area contributed by atoms with Crippen LogP contribution in [0.5, 0.6) is 17.2 Å². The lowest BCUT2D eigenvalue weighted by Crippen LogP contribution is -2.19. The molecule has 0 atom stereocenters. The number of hydrogen-bond donors (Lipinski definition) is 2. The highest BCUT2D eigenvalue weighted by molar-refractivity contribution is 6.00. The molecule has 0 fully saturated rings. The zero-order chi connectivity index (χ0) is 23.2. The lowest BCUT2D eigenvalue weighted by atomic mass is 10.2. The summed E-state index contributed by atoms with van der Waals surface area (Å²) >= 11 is 0. The molecule has 0 unspecified atom stereocenters. The van der Waals surface area contributed by atoms with E-state index in [1.165, 1.54) is 21.3 Å². The van der Waals surface area contributed by atoms with Gasteiger partial charge in [0.15, 0.2) is 11.5 Å². The molecule has 2 amide bonds. The Bertz CT molecular complexity index is 1230.